The maximum Gasteiger partial charge on any atom is 0.125 e. The smallest absolute Gasteiger partial charge is 0.125 e. The molecule has 0 saturated heterocycles. The fraction of sp³-hybridized carbons (Fsp3) is 0.0909. The van der Waals surface area contributed by atoms with E-state index in [9.17, 15) is 0 Å². The Hall–Kier alpha value is -2.56. The first-order chi connectivity index (χ1) is 12.7. The lowest BCUT2D eigenvalue weighted by Gasteiger charge is -2.03. The Labute approximate surface area is 159 Å². The molecule has 0 atom stereocenters. The summed E-state index contributed by atoms with van der Waals surface area (Å²) in [4.78, 5) is 9.83. The van der Waals surface area contributed by atoms with Gasteiger partial charge >= 0.3 is 0 Å². The van der Waals surface area contributed by atoms with Crippen LogP contribution < -0.4 is 0 Å². The lowest BCUT2D eigenvalue weighted by Crippen LogP contribution is -1.85. The normalized spacial score (nSPS) is 11.5. The van der Waals surface area contributed by atoms with Crippen molar-refractivity contribution in [2.24, 2.45) is 0 Å². The third kappa shape index (κ3) is 2.45. The second-order valence-electron chi connectivity index (χ2n) is 6.41. The highest BCUT2D eigenvalue weighted by molar-refractivity contribution is 7.22. The second-order valence-corrected chi connectivity index (χ2v) is 8.47. The minimum absolute atomic E-state index is 1.05. The Balaban J connectivity index is 1.72. The van der Waals surface area contributed by atoms with Gasteiger partial charge in [0.05, 0.1) is 20.4 Å². The van der Waals surface area contributed by atoms with Gasteiger partial charge in [0.1, 0.15) is 10.0 Å². The summed E-state index contributed by atoms with van der Waals surface area (Å²) >= 11 is 3.49. The molecule has 3 aromatic carbocycles. The van der Waals surface area contributed by atoms with Gasteiger partial charge in [0.25, 0.3) is 0 Å². The highest BCUT2D eigenvalue weighted by Crippen LogP contribution is 2.40. The largest absolute Gasteiger partial charge is 0.236 e. The SMILES string of the molecule is Cc1ccc2sc(-c3ccccc3-c3nc4ccccc4s3)nc2c1C. The van der Waals surface area contributed by atoms with Gasteiger partial charge in [-0.15, -0.1) is 22.7 Å². The summed E-state index contributed by atoms with van der Waals surface area (Å²) in [5, 5.41) is 2.11. The van der Waals surface area contributed by atoms with E-state index in [1.165, 1.54) is 20.5 Å². The first-order valence-corrected chi connectivity index (χ1v) is 10.2. The number of hydrogen-bond donors (Lipinski definition) is 0. The van der Waals surface area contributed by atoms with Gasteiger partial charge in [-0.3, -0.25) is 0 Å². The number of para-hydroxylation sites is 1. The molecule has 0 N–H and O–H groups in total. The van der Waals surface area contributed by atoms with Gasteiger partial charge in [-0.05, 0) is 43.2 Å². The van der Waals surface area contributed by atoms with Gasteiger partial charge in [0.2, 0.25) is 0 Å². The lowest BCUT2D eigenvalue weighted by molar-refractivity contribution is 1.34. The number of benzene rings is 3. The molecule has 0 spiro atoms. The third-order valence-corrected chi connectivity index (χ3v) is 6.89. The van der Waals surface area contributed by atoms with Gasteiger partial charge in [-0.1, -0.05) is 42.5 Å². The van der Waals surface area contributed by atoms with Crippen LogP contribution in [-0.2, 0) is 0 Å². The van der Waals surface area contributed by atoms with E-state index in [0.717, 1.165) is 32.2 Å². The Morgan fingerprint density at radius 3 is 2.08 bits per heavy atom. The second kappa shape index (κ2) is 6.01. The number of thiazole rings is 2. The van der Waals surface area contributed by atoms with Crippen molar-refractivity contribution in [1.29, 1.82) is 0 Å². The van der Waals surface area contributed by atoms with Crippen LogP contribution in [0.4, 0.5) is 0 Å². The van der Waals surface area contributed by atoms with Gasteiger partial charge in [0.15, 0.2) is 0 Å². The maximum atomic E-state index is 4.98. The molecule has 5 rings (SSSR count). The van der Waals surface area contributed by atoms with E-state index in [-0.39, 0.29) is 0 Å². The van der Waals surface area contributed by atoms with Gasteiger partial charge in [0, 0.05) is 11.1 Å². The Bertz CT molecular complexity index is 1230. The number of aryl methyl sites for hydroxylation is 2. The predicted molar refractivity (Wildman–Crippen MR) is 113 cm³/mol. The molecule has 0 aliphatic heterocycles. The zero-order chi connectivity index (χ0) is 17.7. The van der Waals surface area contributed by atoms with Crippen molar-refractivity contribution in [2.75, 3.05) is 0 Å². The molecule has 0 radical (unpaired) electrons. The van der Waals surface area contributed by atoms with Crippen molar-refractivity contribution in [3.05, 3.63) is 71.8 Å². The van der Waals surface area contributed by atoms with Crippen molar-refractivity contribution in [3.63, 3.8) is 0 Å². The molecule has 126 valence electrons. The fourth-order valence-corrected chi connectivity index (χ4v) is 5.25. The lowest BCUT2D eigenvalue weighted by atomic mass is 10.1. The van der Waals surface area contributed by atoms with Crippen LogP contribution in [-0.4, -0.2) is 9.97 Å². The average molecular weight is 373 g/mol. The Morgan fingerprint density at radius 1 is 0.654 bits per heavy atom. The van der Waals surface area contributed by atoms with E-state index < -0.39 is 0 Å². The molecule has 2 aromatic heterocycles. The molecule has 26 heavy (non-hydrogen) atoms. The topological polar surface area (TPSA) is 25.8 Å². The van der Waals surface area contributed by atoms with Crippen molar-refractivity contribution >= 4 is 43.1 Å². The van der Waals surface area contributed by atoms with Crippen molar-refractivity contribution in [1.82, 2.24) is 9.97 Å². The van der Waals surface area contributed by atoms with Gasteiger partial charge < -0.3 is 0 Å². The van der Waals surface area contributed by atoms with Crippen molar-refractivity contribution in [3.8, 4) is 21.1 Å². The number of aromatic nitrogens is 2. The quantitative estimate of drug-likeness (QED) is 0.338. The molecule has 2 heterocycles. The molecule has 0 amide bonds. The van der Waals surface area contributed by atoms with E-state index in [4.69, 9.17) is 9.97 Å². The van der Waals surface area contributed by atoms with Crippen LogP contribution in [0.15, 0.2) is 60.7 Å². The van der Waals surface area contributed by atoms with Crippen LogP contribution in [0.2, 0.25) is 0 Å². The molecule has 2 nitrogen and oxygen atoms in total. The molecule has 4 heteroatoms. The molecular weight excluding hydrogens is 356 g/mol. The number of rotatable bonds is 2. The molecule has 0 bridgehead atoms. The maximum absolute atomic E-state index is 4.98. The summed E-state index contributed by atoms with van der Waals surface area (Å²) in [6.45, 7) is 4.30. The average Bonchev–Trinajstić information content (AvgIpc) is 3.29. The molecule has 5 aromatic rings. The summed E-state index contributed by atoms with van der Waals surface area (Å²) < 4.78 is 2.45. The summed E-state index contributed by atoms with van der Waals surface area (Å²) in [5.41, 5.74) is 7.03. The zero-order valence-corrected chi connectivity index (χ0v) is 16.1. The summed E-state index contributed by atoms with van der Waals surface area (Å²) in [6, 6.07) is 21.1. The van der Waals surface area contributed by atoms with E-state index in [1.54, 1.807) is 22.7 Å². The number of nitrogens with zero attached hydrogens (tertiary/aromatic N) is 2. The van der Waals surface area contributed by atoms with Crippen LogP contribution in [0.1, 0.15) is 11.1 Å². The van der Waals surface area contributed by atoms with Crippen LogP contribution in [0.5, 0.6) is 0 Å². The first-order valence-electron chi connectivity index (χ1n) is 8.53. The minimum atomic E-state index is 1.05. The van der Waals surface area contributed by atoms with E-state index in [1.807, 2.05) is 6.07 Å². The molecule has 0 fully saturated rings. The van der Waals surface area contributed by atoms with Gasteiger partial charge in [-0.25, -0.2) is 9.97 Å². The predicted octanol–water partition coefficient (Wildman–Crippen LogP) is 6.86. The molecule has 0 aliphatic rings. The first kappa shape index (κ1) is 15.7. The zero-order valence-electron chi connectivity index (χ0n) is 14.5. The number of hydrogen-bond acceptors (Lipinski definition) is 4. The highest BCUT2D eigenvalue weighted by Gasteiger charge is 2.15. The van der Waals surface area contributed by atoms with Crippen molar-refractivity contribution in [2.45, 2.75) is 13.8 Å². The summed E-state index contributed by atoms with van der Waals surface area (Å²) in [5.74, 6) is 0. The van der Waals surface area contributed by atoms with Gasteiger partial charge in [-0.2, -0.15) is 0 Å². The standard InChI is InChI=1S/C22H16N2S2/c1-13-11-12-19-20(14(13)2)24-22(26-19)16-8-4-3-7-15(16)21-23-17-9-5-6-10-18(17)25-21/h3-12H,1-2H3. The van der Waals surface area contributed by atoms with E-state index >= 15 is 0 Å². The fourth-order valence-electron chi connectivity index (χ4n) is 3.18. The Kier molecular flexibility index (Phi) is 3.62. The van der Waals surface area contributed by atoms with Crippen LogP contribution in [0.25, 0.3) is 41.6 Å². The van der Waals surface area contributed by atoms with E-state index in [2.05, 4.69) is 68.4 Å². The summed E-state index contributed by atoms with van der Waals surface area (Å²) in [7, 11) is 0. The third-order valence-electron chi connectivity index (χ3n) is 4.77. The Morgan fingerprint density at radius 2 is 1.31 bits per heavy atom. The monoisotopic (exact) mass is 372 g/mol. The minimum Gasteiger partial charge on any atom is -0.236 e. The van der Waals surface area contributed by atoms with Crippen LogP contribution in [0, 0.1) is 13.8 Å². The van der Waals surface area contributed by atoms with E-state index in [0.29, 0.717) is 0 Å². The molecule has 0 aliphatic carbocycles. The molecule has 0 saturated carbocycles. The number of fused-ring (bicyclic) bond motifs is 2. The summed E-state index contributed by atoms with van der Waals surface area (Å²) in [6.07, 6.45) is 0. The van der Waals surface area contributed by atoms with Crippen LogP contribution >= 0.6 is 22.7 Å². The molecular formula is C22H16N2S2. The highest BCUT2D eigenvalue weighted by atomic mass is 32.1. The van der Waals surface area contributed by atoms with Crippen molar-refractivity contribution < 1.29 is 0 Å². The molecule has 0 unspecified atom stereocenters. The van der Waals surface area contributed by atoms with Crippen LogP contribution in [0.3, 0.4) is 0 Å².